The largest absolute Gasteiger partial charge is 0.472 e. The van der Waals surface area contributed by atoms with Gasteiger partial charge in [0, 0.05) is 0 Å². The Hall–Kier alpha value is -1.48. The highest BCUT2D eigenvalue weighted by molar-refractivity contribution is 7.47. The van der Waals surface area contributed by atoms with Crippen molar-refractivity contribution in [2.45, 2.75) is 236 Å². The van der Waals surface area contributed by atoms with Crippen molar-refractivity contribution in [1.29, 1.82) is 0 Å². The first kappa shape index (κ1) is 55.5. The molecule has 8 atom stereocenters. The second-order valence-electron chi connectivity index (χ2n) is 16.4. The number of carbonyl (C=O) groups excluding carboxylic acids is 1. The van der Waals surface area contributed by atoms with Crippen LogP contribution in [-0.4, -0.2) is 108 Å². The third-order valence-corrected chi connectivity index (χ3v) is 11.9. The third kappa shape index (κ3) is 27.2. The van der Waals surface area contributed by atoms with Gasteiger partial charge in [0.15, 0.2) is 0 Å². The van der Waals surface area contributed by atoms with Crippen LogP contribution >= 0.6 is 7.82 Å². The van der Waals surface area contributed by atoms with Crippen LogP contribution in [0.2, 0.25) is 0 Å². The van der Waals surface area contributed by atoms with Crippen molar-refractivity contribution in [1.82, 2.24) is 5.32 Å². The number of nitrogens with one attached hydrogen (secondary N) is 1. The quantitative estimate of drug-likeness (QED) is 0.0170. The van der Waals surface area contributed by atoms with Crippen LogP contribution in [0.1, 0.15) is 181 Å². The van der Waals surface area contributed by atoms with Gasteiger partial charge in [-0.15, -0.1) is 0 Å². The number of aliphatic hydroxyl groups excluding tert-OH is 7. The van der Waals surface area contributed by atoms with Gasteiger partial charge >= 0.3 is 7.82 Å². The molecule has 13 nitrogen and oxygen atoms in total. The number of rotatable bonds is 37. The van der Waals surface area contributed by atoms with Crippen LogP contribution in [0.3, 0.4) is 0 Å². The van der Waals surface area contributed by atoms with E-state index in [0.717, 1.165) is 64.2 Å². The molecule has 0 radical (unpaired) electrons. The van der Waals surface area contributed by atoms with E-state index in [1.807, 2.05) is 0 Å². The number of amides is 1. The maximum atomic E-state index is 13.0. The third-order valence-electron chi connectivity index (χ3n) is 10.9. The van der Waals surface area contributed by atoms with Crippen LogP contribution < -0.4 is 5.32 Å². The van der Waals surface area contributed by atoms with Gasteiger partial charge in [0.05, 0.1) is 31.3 Å². The number of hydrogen-bond acceptors (Lipinski definition) is 11. The Kier molecular flexibility index (Phi) is 33.0. The molecule has 1 rings (SSSR count). The lowest BCUT2D eigenvalue weighted by Gasteiger charge is -2.41. The highest BCUT2D eigenvalue weighted by Crippen LogP contribution is 2.47. The molecule has 1 aliphatic rings. The first-order valence-electron chi connectivity index (χ1n) is 23.0. The lowest BCUT2D eigenvalue weighted by atomic mass is 9.85. The van der Waals surface area contributed by atoms with Gasteiger partial charge in [-0.3, -0.25) is 13.8 Å². The first-order valence-corrected chi connectivity index (χ1v) is 24.5. The minimum atomic E-state index is -5.15. The van der Waals surface area contributed by atoms with E-state index in [1.54, 1.807) is 6.08 Å². The first-order chi connectivity index (χ1) is 28.3. The van der Waals surface area contributed by atoms with E-state index in [-0.39, 0.29) is 6.42 Å². The summed E-state index contributed by atoms with van der Waals surface area (Å²) >= 11 is 0. The second kappa shape index (κ2) is 35.0. The maximum absolute atomic E-state index is 13.0. The Bertz CT molecular complexity index is 1160. The lowest BCUT2D eigenvalue weighted by molar-refractivity contribution is -0.220. The number of aliphatic hydroxyl groups is 7. The maximum Gasteiger partial charge on any atom is 0.472 e. The van der Waals surface area contributed by atoms with Crippen molar-refractivity contribution in [3.63, 3.8) is 0 Å². The van der Waals surface area contributed by atoms with Gasteiger partial charge in [0.25, 0.3) is 0 Å². The molecular formula is C45H84NO12P. The number of unbranched alkanes of at least 4 members (excludes halogenated alkanes) is 20. The Morgan fingerprint density at radius 2 is 1.00 bits per heavy atom. The molecule has 1 aliphatic carbocycles. The van der Waals surface area contributed by atoms with E-state index in [4.69, 9.17) is 9.05 Å². The Labute approximate surface area is 356 Å². The van der Waals surface area contributed by atoms with Gasteiger partial charge in [-0.1, -0.05) is 153 Å². The standard InChI is InChI=1S/C45H84NO12P/c1-3-5-7-9-11-13-15-17-18-19-21-23-25-27-29-31-33-38(48)37(35-57-59(55,56)58-45-43(53)41(51)40(50)42(52)44(45)54)46-39(49)34-36(47)32-30-28-26-24-22-20-16-14-12-10-8-6-4-2/h14,16,23,25,31,33,36-38,40-45,47-48,50-54H,3-13,15,17-22,24,26-30,32,34-35H2,1-2H3,(H,46,49)(H,55,56)/b16-14-,25-23+,33-31+. The molecule has 0 aromatic carbocycles. The zero-order valence-corrected chi connectivity index (χ0v) is 37.3. The molecular weight excluding hydrogens is 777 g/mol. The molecule has 59 heavy (non-hydrogen) atoms. The number of allylic oxidation sites excluding steroid dienone is 5. The second-order valence-corrected chi connectivity index (χ2v) is 17.8. The molecule has 0 aliphatic heterocycles. The predicted octanol–water partition coefficient (Wildman–Crippen LogP) is 7.36. The van der Waals surface area contributed by atoms with Crippen LogP contribution in [0.5, 0.6) is 0 Å². The van der Waals surface area contributed by atoms with E-state index >= 15 is 0 Å². The summed E-state index contributed by atoms with van der Waals surface area (Å²) < 4.78 is 22.8. The summed E-state index contributed by atoms with van der Waals surface area (Å²) in [6.07, 6.45) is 25.2. The number of phosphoric acid groups is 1. The summed E-state index contributed by atoms with van der Waals surface area (Å²) in [7, 11) is -5.15. The number of carbonyl (C=O) groups is 1. The van der Waals surface area contributed by atoms with E-state index in [0.29, 0.717) is 12.8 Å². The van der Waals surface area contributed by atoms with Crippen LogP contribution in [0.4, 0.5) is 0 Å². The Morgan fingerprint density at radius 1 is 0.593 bits per heavy atom. The van der Waals surface area contributed by atoms with Crippen molar-refractivity contribution < 1.29 is 59.0 Å². The summed E-state index contributed by atoms with van der Waals surface area (Å²) in [5.74, 6) is -0.609. The van der Waals surface area contributed by atoms with E-state index in [2.05, 4.69) is 43.5 Å². The normalized spacial score (nSPS) is 23.9. The molecule has 0 spiro atoms. The van der Waals surface area contributed by atoms with Gasteiger partial charge in [-0.05, 0) is 57.8 Å². The molecule has 14 heteroatoms. The average molecular weight is 862 g/mol. The summed E-state index contributed by atoms with van der Waals surface area (Å²) in [5.41, 5.74) is 0. The van der Waals surface area contributed by atoms with E-state index in [9.17, 15) is 50.0 Å². The molecule has 8 unspecified atom stereocenters. The van der Waals surface area contributed by atoms with Crippen LogP contribution in [0, 0.1) is 0 Å². The van der Waals surface area contributed by atoms with Gasteiger partial charge in [0.1, 0.15) is 36.6 Å². The molecule has 0 aromatic heterocycles. The van der Waals surface area contributed by atoms with Crippen LogP contribution in [0.25, 0.3) is 0 Å². The van der Waals surface area contributed by atoms with Crippen LogP contribution in [0.15, 0.2) is 36.5 Å². The molecule has 0 aromatic rings. The highest BCUT2D eigenvalue weighted by Gasteiger charge is 2.51. The lowest BCUT2D eigenvalue weighted by Crippen LogP contribution is -2.64. The van der Waals surface area contributed by atoms with Gasteiger partial charge in [0.2, 0.25) is 5.91 Å². The zero-order valence-electron chi connectivity index (χ0n) is 36.4. The molecule has 346 valence electrons. The predicted molar refractivity (Wildman–Crippen MR) is 233 cm³/mol. The van der Waals surface area contributed by atoms with Crippen molar-refractivity contribution in [2.75, 3.05) is 6.61 Å². The average Bonchev–Trinajstić information content (AvgIpc) is 3.21. The van der Waals surface area contributed by atoms with Crippen molar-refractivity contribution >= 4 is 13.7 Å². The monoisotopic (exact) mass is 862 g/mol. The smallest absolute Gasteiger partial charge is 0.393 e. The van der Waals surface area contributed by atoms with Crippen LogP contribution in [-0.2, 0) is 18.4 Å². The summed E-state index contributed by atoms with van der Waals surface area (Å²) in [4.78, 5) is 23.4. The van der Waals surface area contributed by atoms with E-state index < -0.39 is 75.2 Å². The highest BCUT2D eigenvalue weighted by atomic mass is 31.2. The topological polar surface area (TPSA) is 226 Å². The molecule has 0 saturated heterocycles. The number of phosphoric ester groups is 1. The minimum Gasteiger partial charge on any atom is -0.393 e. The molecule has 0 bridgehead atoms. The van der Waals surface area contributed by atoms with Gasteiger partial charge < -0.3 is 46.0 Å². The summed E-state index contributed by atoms with van der Waals surface area (Å²) in [5, 5.41) is 74.4. The van der Waals surface area contributed by atoms with Gasteiger partial charge in [-0.2, -0.15) is 0 Å². The number of hydrogen-bond donors (Lipinski definition) is 9. The van der Waals surface area contributed by atoms with Crippen molar-refractivity contribution in [3.05, 3.63) is 36.5 Å². The minimum absolute atomic E-state index is 0.258. The summed E-state index contributed by atoms with van der Waals surface area (Å²) in [6.45, 7) is 3.70. The molecule has 9 N–H and O–H groups in total. The molecule has 0 heterocycles. The molecule has 1 saturated carbocycles. The molecule has 1 fully saturated rings. The van der Waals surface area contributed by atoms with Gasteiger partial charge in [-0.25, -0.2) is 4.57 Å². The van der Waals surface area contributed by atoms with Crippen molar-refractivity contribution in [3.8, 4) is 0 Å². The zero-order chi connectivity index (χ0) is 43.7. The Morgan fingerprint density at radius 3 is 1.51 bits per heavy atom. The van der Waals surface area contributed by atoms with Crippen molar-refractivity contribution in [2.24, 2.45) is 0 Å². The van der Waals surface area contributed by atoms with E-state index in [1.165, 1.54) is 89.5 Å². The fraction of sp³-hybridized carbons (Fsp3) is 0.844. The SMILES string of the molecule is CCCCCC/C=C\CCCCCCCC(O)CC(=O)NC(COP(=O)(O)OC1C(O)C(O)C(O)C(O)C1O)C(O)/C=C/CC/C=C/CCCCCCCCCCCC. The Balaban J connectivity index is 2.60. The molecule has 1 amide bonds. The summed E-state index contributed by atoms with van der Waals surface area (Å²) in [6, 6.07) is -1.26. The fourth-order valence-electron chi connectivity index (χ4n) is 7.13. The fourth-order valence-corrected chi connectivity index (χ4v) is 8.10.